The fourth-order valence-electron chi connectivity index (χ4n) is 4.34. The van der Waals surface area contributed by atoms with Crippen LogP contribution in [0.1, 0.15) is 61.4 Å². The Morgan fingerprint density at radius 1 is 1.04 bits per heavy atom. The lowest BCUT2D eigenvalue weighted by molar-refractivity contribution is 0.479. The molecule has 0 spiro atoms. The molecule has 26 heavy (non-hydrogen) atoms. The van der Waals surface area contributed by atoms with Crippen LogP contribution in [-0.2, 0) is 19.4 Å². The van der Waals surface area contributed by atoms with Gasteiger partial charge in [0.25, 0.3) is 5.56 Å². The third-order valence-corrected chi connectivity index (χ3v) is 5.99. The van der Waals surface area contributed by atoms with Crippen LogP contribution in [0.15, 0.2) is 23.0 Å². The second kappa shape index (κ2) is 6.49. The van der Waals surface area contributed by atoms with Crippen molar-refractivity contribution in [2.75, 3.05) is 11.4 Å². The molecule has 3 heterocycles. The highest BCUT2D eigenvalue weighted by atomic mass is 16.1. The molecule has 3 aliphatic rings. The van der Waals surface area contributed by atoms with Crippen LogP contribution < -0.4 is 10.5 Å². The average molecular weight is 351 g/mol. The Hall–Kier alpha value is -2.24. The van der Waals surface area contributed by atoms with Gasteiger partial charge < -0.3 is 4.90 Å². The molecule has 6 heteroatoms. The minimum absolute atomic E-state index is 0.00206. The number of hydrogen-bond donors (Lipinski definition) is 0. The molecule has 2 aromatic rings. The van der Waals surface area contributed by atoms with E-state index in [2.05, 4.69) is 26.3 Å². The molecule has 1 unspecified atom stereocenters. The molecule has 1 saturated carbocycles. The predicted octanol–water partition coefficient (Wildman–Crippen LogP) is 2.46. The van der Waals surface area contributed by atoms with Crippen LogP contribution in [0, 0.1) is 0 Å². The van der Waals surface area contributed by atoms with Gasteiger partial charge in [0.05, 0.1) is 24.0 Å². The Balaban J connectivity index is 1.39. The zero-order chi connectivity index (χ0) is 17.5. The second-order valence-corrected chi connectivity index (χ2v) is 7.92. The van der Waals surface area contributed by atoms with Gasteiger partial charge in [-0.1, -0.05) is 0 Å². The lowest BCUT2D eigenvalue weighted by atomic mass is 9.97. The molecule has 1 aliphatic heterocycles. The van der Waals surface area contributed by atoms with E-state index in [1.807, 2.05) is 6.07 Å². The van der Waals surface area contributed by atoms with Crippen LogP contribution in [-0.4, -0.2) is 32.6 Å². The minimum atomic E-state index is -0.00206. The van der Waals surface area contributed by atoms with E-state index in [1.165, 1.54) is 36.9 Å². The highest BCUT2D eigenvalue weighted by Crippen LogP contribution is 2.38. The quantitative estimate of drug-likeness (QED) is 0.847. The summed E-state index contributed by atoms with van der Waals surface area (Å²) in [6.45, 7) is 1.62. The highest BCUT2D eigenvalue weighted by molar-refractivity contribution is 5.44. The fraction of sp³-hybridized carbons (Fsp3) is 0.600. The maximum atomic E-state index is 12.3. The van der Waals surface area contributed by atoms with E-state index in [0.717, 1.165) is 43.7 Å². The first-order chi connectivity index (χ1) is 12.8. The standard InChI is InChI=1S/C20H25N5O/c26-20-10-9-18(14-7-8-14)23-25(20)13-16-5-3-11-24(16)19-12-15-4-1-2-6-17(15)21-22-19/h9-10,12,14,16H,1-8,11,13H2. The van der Waals surface area contributed by atoms with Gasteiger partial charge in [-0.25, -0.2) is 4.68 Å². The molecule has 136 valence electrons. The molecule has 6 nitrogen and oxygen atoms in total. The van der Waals surface area contributed by atoms with Gasteiger partial charge in [-0.05, 0) is 69.1 Å². The summed E-state index contributed by atoms with van der Waals surface area (Å²) in [5.41, 5.74) is 3.60. The van der Waals surface area contributed by atoms with Crippen molar-refractivity contribution in [2.24, 2.45) is 0 Å². The minimum Gasteiger partial charge on any atom is -0.350 e. The van der Waals surface area contributed by atoms with Gasteiger partial charge in [-0.15, -0.1) is 5.10 Å². The summed E-state index contributed by atoms with van der Waals surface area (Å²) in [6.07, 6.45) is 9.23. The van der Waals surface area contributed by atoms with Crippen molar-refractivity contribution < 1.29 is 0 Å². The predicted molar refractivity (Wildman–Crippen MR) is 99.5 cm³/mol. The van der Waals surface area contributed by atoms with Gasteiger partial charge in [0.15, 0.2) is 5.82 Å². The van der Waals surface area contributed by atoms with Crippen LogP contribution in [0.2, 0.25) is 0 Å². The average Bonchev–Trinajstić information content (AvgIpc) is 3.42. The third-order valence-electron chi connectivity index (χ3n) is 5.99. The molecule has 0 bridgehead atoms. The van der Waals surface area contributed by atoms with Gasteiger partial charge in [0, 0.05) is 18.5 Å². The summed E-state index contributed by atoms with van der Waals surface area (Å²) < 4.78 is 1.67. The van der Waals surface area contributed by atoms with Crippen molar-refractivity contribution >= 4 is 5.82 Å². The van der Waals surface area contributed by atoms with Crippen molar-refractivity contribution in [3.63, 3.8) is 0 Å². The Morgan fingerprint density at radius 3 is 2.81 bits per heavy atom. The Bertz CT molecular complexity index is 873. The molecule has 0 radical (unpaired) electrons. The third kappa shape index (κ3) is 3.02. The molecule has 0 aromatic carbocycles. The molecule has 1 atom stereocenters. The lowest BCUT2D eigenvalue weighted by Crippen LogP contribution is -2.38. The summed E-state index contributed by atoms with van der Waals surface area (Å²) in [4.78, 5) is 14.6. The number of aryl methyl sites for hydroxylation is 2. The summed E-state index contributed by atoms with van der Waals surface area (Å²) in [5.74, 6) is 1.53. The second-order valence-electron chi connectivity index (χ2n) is 7.92. The lowest BCUT2D eigenvalue weighted by Gasteiger charge is -2.27. The molecule has 5 rings (SSSR count). The number of aromatic nitrogens is 4. The summed E-state index contributed by atoms with van der Waals surface area (Å²) >= 11 is 0. The van der Waals surface area contributed by atoms with Crippen molar-refractivity contribution in [1.82, 2.24) is 20.0 Å². The molecule has 2 aliphatic carbocycles. The zero-order valence-electron chi connectivity index (χ0n) is 15.1. The molecular weight excluding hydrogens is 326 g/mol. The first-order valence-electron chi connectivity index (χ1n) is 9.98. The topological polar surface area (TPSA) is 63.9 Å². The Morgan fingerprint density at radius 2 is 1.92 bits per heavy atom. The van der Waals surface area contributed by atoms with Gasteiger partial charge >= 0.3 is 0 Å². The fourth-order valence-corrected chi connectivity index (χ4v) is 4.34. The van der Waals surface area contributed by atoms with Crippen LogP contribution in [0.5, 0.6) is 0 Å². The molecule has 2 fully saturated rings. The van der Waals surface area contributed by atoms with Crippen molar-refractivity contribution in [2.45, 2.75) is 69.9 Å². The molecule has 2 aromatic heterocycles. The number of hydrogen-bond acceptors (Lipinski definition) is 5. The Kier molecular flexibility index (Phi) is 3.98. The maximum absolute atomic E-state index is 12.3. The van der Waals surface area contributed by atoms with E-state index < -0.39 is 0 Å². The summed E-state index contributed by atoms with van der Waals surface area (Å²) in [6, 6.07) is 6.08. The van der Waals surface area contributed by atoms with Crippen LogP contribution >= 0.6 is 0 Å². The summed E-state index contributed by atoms with van der Waals surface area (Å²) in [7, 11) is 0. The van der Waals surface area contributed by atoms with E-state index in [0.29, 0.717) is 12.5 Å². The van der Waals surface area contributed by atoms with Crippen LogP contribution in [0.25, 0.3) is 0 Å². The molecule has 0 amide bonds. The molecule has 0 N–H and O–H groups in total. The number of anilines is 1. The Labute approximate surface area is 153 Å². The SMILES string of the molecule is O=c1ccc(C2CC2)nn1CC1CCCN1c1cc2c(nn1)CCCC2. The van der Waals surface area contributed by atoms with E-state index in [-0.39, 0.29) is 11.6 Å². The zero-order valence-corrected chi connectivity index (χ0v) is 15.1. The van der Waals surface area contributed by atoms with Crippen LogP contribution in [0.4, 0.5) is 5.82 Å². The first-order valence-corrected chi connectivity index (χ1v) is 9.98. The molecule has 1 saturated heterocycles. The number of rotatable bonds is 4. The van der Waals surface area contributed by atoms with Crippen molar-refractivity contribution in [3.8, 4) is 0 Å². The largest absolute Gasteiger partial charge is 0.350 e. The van der Waals surface area contributed by atoms with Gasteiger partial charge in [-0.2, -0.15) is 10.2 Å². The van der Waals surface area contributed by atoms with Crippen molar-refractivity contribution in [1.29, 1.82) is 0 Å². The number of nitrogens with zero attached hydrogens (tertiary/aromatic N) is 5. The monoisotopic (exact) mass is 351 g/mol. The van der Waals surface area contributed by atoms with Crippen molar-refractivity contribution in [3.05, 3.63) is 45.5 Å². The van der Waals surface area contributed by atoms with Gasteiger partial charge in [0.1, 0.15) is 0 Å². The first kappa shape index (κ1) is 16.0. The van der Waals surface area contributed by atoms with E-state index in [9.17, 15) is 4.79 Å². The van der Waals surface area contributed by atoms with Crippen LogP contribution in [0.3, 0.4) is 0 Å². The van der Waals surface area contributed by atoms with Gasteiger partial charge in [0.2, 0.25) is 0 Å². The molecular formula is C20H25N5O. The highest BCUT2D eigenvalue weighted by Gasteiger charge is 2.29. The smallest absolute Gasteiger partial charge is 0.266 e. The normalized spacial score (nSPS) is 22.5. The maximum Gasteiger partial charge on any atom is 0.266 e. The van der Waals surface area contributed by atoms with E-state index in [1.54, 1.807) is 10.7 Å². The van der Waals surface area contributed by atoms with E-state index in [4.69, 9.17) is 0 Å². The number of fused-ring (bicyclic) bond motifs is 1. The summed E-state index contributed by atoms with van der Waals surface area (Å²) in [5, 5.41) is 13.6. The van der Waals surface area contributed by atoms with E-state index >= 15 is 0 Å². The van der Waals surface area contributed by atoms with Gasteiger partial charge in [-0.3, -0.25) is 4.79 Å².